The van der Waals surface area contributed by atoms with Crippen molar-refractivity contribution in [1.29, 1.82) is 5.26 Å². The number of hydrogen-bond donors (Lipinski definition) is 1. The number of nitrogens with one attached hydrogen (secondary N) is 1. The SMILES string of the molecule is CCCCCC[C@H](C#N)NC1c2ccccc2-c2ccccc21. The van der Waals surface area contributed by atoms with E-state index in [0.29, 0.717) is 0 Å². The van der Waals surface area contributed by atoms with Crippen LogP contribution < -0.4 is 5.32 Å². The van der Waals surface area contributed by atoms with E-state index in [-0.39, 0.29) is 12.1 Å². The predicted molar refractivity (Wildman–Crippen MR) is 95.0 cm³/mol. The summed E-state index contributed by atoms with van der Waals surface area (Å²) < 4.78 is 0. The van der Waals surface area contributed by atoms with Crippen LogP contribution in [0.5, 0.6) is 0 Å². The second-order valence-electron chi connectivity index (χ2n) is 6.31. The van der Waals surface area contributed by atoms with Gasteiger partial charge in [0.15, 0.2) is 0 Å². The summed E-state index contributed by atoms with van der Waals surface area (Å²) in [5, 5.41) is 13.1. The van der Waals surface area contributed by atoms with E-state index in [1.54, 1.807) is 0 Å². The molecule has 0 amide bonds. The standard InChI is InChI=1S/C21H24N2/c1-2-3-4-5-10-16(15-22)23-21-19-13-8-6-11-17(19)18-12-7-9-14-20(18)21/h6-9,11-14,16,21,23H,2-5,10H2,1H3/t16-/m1/s1. The Morgan fingerprint density at radius 1 is 0.957 bits per heavy atom. The van der Waals surface area contributed by atoms with Crippen LogP contribution in [0.1, 0.15) is 56.2 Å². The molecule has 1 atom stereocenters. The van der Waals surface area contributed by atoms with Crippen molar-refractivity contribution < 1.29 is 0 Å². The molecule has 0 unspecified atom stereocenters. The maximum atomic E-state index is 9.53. The average Bonchev–Trinajstić information content (AvgIpc) is 2.92. The number of nitrogens with zero attached hydrogens (tertiary/aromatic N) is 1. The van der Waals surface area contributed by atoms with Gasteiger partial charge in [-0.05, 0) is 28.7 Å². The Balaban J connectivity index is 1.78. The Morgan fingerprint density at radius 2 is 1.57 bits per heavy atom. The maximum Gasteiger partial charge on any atom is 0.0960 e. The quantitative estimate of drug-likeness (QED) is 0.713. The minimum Gasteiger partial charge on any atom is -0.291 e. The summed E-state index contributed by atoms with van der Waals surface area (Å²) in [4.78, 5) is 0. The summed E-state index contributed by atoms with van der Waals surface area (Å²) in [7, 11) is 0. The van der Waals surface area contributed by atoms with Crippen molar-refractivity contribution in [3.63, 3.8) is 0 Å². The van der Waals surface area contributed by atoms with Gasteiger partial charge in [-0.3, -0.25) is 5.32 Å². The van der Waals surface area contributed by atoms with Crippen LogP contribution in [0.2, 0.25) is 0 Å². The molecule has 2 aromatic carbocycles. The Morgan fingerprint density at radius 3 is 2.13 bits per heavy atom. The van der Waals surface area contributed by atoms with Gasteiger partial charge in [-0.15, -0.1) is 0 Å². The zero-order chi connectivity index (χ0) is 16.1. The summed E-state index contributed by atoms with van der Waals surface area (Å²) in [6, 6.07) is 19.6. The van der Waals surface area contributed by atoms with Gasteiger partial charge in [-0.25, -0.2) is 0 Å². The molecule has 1 aliphatic rings. The summed E-state index contributed by atoms with van der Waals surface area (Å²) in [6.07, 6.45) is 5.75. The number of unbranched alkanes of at least 4 members (excludes halogenated alkanes) is 3. The molecule has 2 heteroatoms. The van der Waals surface area contributed by atoms with Crippen LogP contribution in [-0.4, -0.2) is 6.04 Å². The molecule has 0 heterocycles. The Labute approximate surface area is 139 Å². The summed E-state index contributed by atoms with van der Waals surface area (Å²) in [5.41, 5.74) is 5.18. The average molecular weight is 304 g/mol. The smallest absolute Gasteiger partial charge is 0.0960 e. The molecule has 0 fully saturated rings. The van der Waals surface area contributed by atoms with Crippen molar-refractivity contribution in [3.8, 4) is 17.2 Å². The number of fused-ring (bicyclic) bond motifs is 3. The maximum absolute atomic E-state index is 9.53. The van der Waals surface area contributed by atoms with E-state index in [2.05, 4.69) is 66.8 Å². The van der Waals surface area contributed by atoms with Crippen LogP contribution in [0.25, 0.3) is 11.1 Å². The van der Waals surface area contributed by atoms with Crippen LogP contribution in [0.15, 0.2) is 48.5 Å². The van der Waals surface area contributed by atoms with Gasteiger partial charge in [-0.1, -0.05) is 81.1 Å². The van der Waals surface area contributed by atoms with Crippen LogP contribution in [-0.2, 0) is 0 Å². The van der Waals surface area contributed by atoms with Gasteiger partial charge in [0.2, 0.25) is 0 Å². The molecule has 0 bridgehead atoms. The molecule has 118 valence electrons. The third-order valence-corrected chi connectivity index (χ3v) is 4.70. The third kappa shape index (κ3) is 3.30. The first-order valence-electron chi connectivity index (χ1n) is 8.69. The van der Waals surface area contributed by atoms with Crippen LogP contribution in [0.4, 0.5) is 0 Å². The topological polar surface area (TPSA) is 35.8 Å². The zero-order valence-corrected chi connectivity index (χ0v) is 13.8. The predicted octanol–water partition coefficient (Wildman–Crippen LogP) is 5.21. The molecule has 1 N–H and O–H groups in total. The largest absolute Gasteiger partial charge is 0.291 e. The molecule has 2 nitrogen and oxygen atoms in total. The molecule has 0 radical (unpaired) electrons. The lowest BCUT2D eigenvalue weighted by Crippen LogP contribution is -2.31. The summed E-state index contributed by atoms with van der Waals surface area (Å²) in [6.45, 7) is 2.21. The van der Waals surface area contributed by atoms with Crippen molar-refractivity contribution in [3.05, 3.63) is 59.7 Å². The second kappa shape index (κ2) is 7.44. The number of hydrogen-bond acceptors (Lipinski definition) is 2. The van der Waals surface area contributed by atoms with E-state index in [0.717, 1.165) is 12.8 Å². The fourth-order valence-corrected chi connectivity index (χ4v) is 3.50. The molecule has 0 saturated carbocycles. The van der Waals surface area contributed by atoms with Gasteiger partial charge >= 0.3 is 0 Å². The molecule has 2 aromatic rings. The second-order valence-corrected chi connectivity index (χ2v) is 6.31. The van der Waals surface area contributed by atoms with Gasteiger partial charge < -0.3 is 0 Å². The molecular formula is C21H24N2. The molecular weight excluding hydrogens is 280 g/mol. The highest BCUT2D eigenvalue weighted by Gasteiger charge is 2.29. The minimum atomic E-state index is -0.0870. The number of nitriles is 1. The first-order chi connectivity index (χ1) is 11.3. The van der Waals surface area contributed by atoms with Gasteiger partial charge in [0.05, 0.1) is 18.2 Å². The van der Waals surface area contributed by atoms with Gasteiger partial charge in [0.25, 0.3) is 0 Å². The molecule has 23 heavy (non-hydrogen) atoms. The summed E-state index contributed by atoms with van der Waals surface area (Å²) in [5.74, 6) is 0. The van der Waals surface area contributed by atoms with E-state index in [9.17, 15) is 5.26 Å². The van der Waals surface area contributed by atoms with Crippen molar-refractivity contribution in [2.75, 3.05) is 0 Å². The fraction of sp³-hybridized carbons (Fsp3) is 0.381. The van der Waals surface area contributed by atoms with Crippen molar-refractivity contribution in [2.45, 2.75) is 51.1 Å². The lowest BCUT2D eigenvalue weighted by molar-refractivity contribution is 0.493. The molecule has 0 aliphatic heterocycles. The Bertz CT molecular complexity index is 653. The van der Waals surface area contributed by atoms with E-state index in [1.807, 2.05) is 0 Å². The molecule has 1 aliphatic carbocycles. The normalized spacial score (nSPS) is 14.1. The van der Waals surface area contributed by atoms with Gasteiger partial charge in [0, 0.05) is 0 Å². The van der Waals surface area contributed by atoms with Crippen molar-refractivity contribution >= 4 is 0 Å². The minimum absolute atomic E-state index is 0.0870. The van der Waals surface area contributed by atoms with Crippen molar-refractivity contribution in [1.82, 2.24) is 5.32 Å². The van der Waals surface area contributed by atoms with Gasteiger partial charge in [-0.2, -0.15) is 5.26 Å². The monoisotopic (exact) mass is 304 g/mol. The molecule has 0 aromatic heterocycles. The van der Waals surface area contributed by atoms with E-state index >= 15 is 0 Å². The van der Waals surface area contributed by atoms with Gasteiger partial charge in [0.1, 0.15) is 0 Å². The first-order valence-corrected chi connectivity index (χ1v) is 8.69. The molecule has 3 rings (SSSR count). The highest BCUT2D eigenvalue weighted by atomic mass is 15.0. The number of rotatable bonds is 7. The highest BCUT2D eigenvalue weighted by molar-refractivity contribution is 5.78. The van der Waals surface area contributed by atoms with Crippen LogP contribution in [0.3, 0.4) is 0 Å². The Kier molecular flexibility index (Phi) is 5.10. The van der Waals surface area contributed by atoms with E-state index in [4.69, 9.17) is 0 Å². The van der Waals surface area contributed by atoms with Crippen LogP contribution >= 0.6 is 0 Å². The molecule has 0 saturated heterocycles. The van der Waals surface area contributed by atoms with Crippen LogP contribution in [0, 0.1) is 11.3 Å². The van der Waals surface area contributed by atoms with E-state index < -0.39 is 0 Å². The molecule has 0 spiro atoms. The Hall–Kier alpha value is -2.11. The number of benzene rings is 2. The lowest BCUT2D eigenvalue weighted by Gasteiger charge is -2.20. The zero-order valence-electron chi connectivity index (χ0n) is 13.8. The third-order valence-electron chi connectivity index (χ3n) is 4.70. The fourth-order valence-electron chi connectivity index (χ4n) is 3.50. The van der Waals surface area contributed by atoms with E-state index in [1.165, 1.54) is 41.5 Å². The van der Waals surface area contributed by atoms with Crippen molar-refractivity contribution in [2.24, 2.45) is 0 Å². The first kappa shape index (κ1) is 15.8. The highest BCUT2D eigenvalue weighted by Crippen LogP contribution is 2.43. The summed E-state index contributed by atoms with van der Waals surface area (Å²) >= 11 is 0. The lowest BCUT2D eigenvalue weighted by atomic mass is 10.0.